The average Bonchev–Trinajstić information content (AvgIpc) is 3.57. The maximum Gasteiger partial charge on any atom is 0.414 e. The number of methoxy groups -OCH3 is 1. The number of fused-ring (bicyclic) bond motifs is 1. The van der Waals surface area contributed by atoms with Crippen molar-refractivity contribution in [1.82, 2.24) is 24.9 Å². The van der Waals surface area contributed by atoms with E-state index in [0.29, 0.717) is 43.2 Å². The zero-order valence-electron chi connectivity index (χ0n) is 22.0. The van der Waals surface area contributed by atoms with Gasteiger partial charge in [0.2, 0.25) is 5.91 Å². The van der Waals surface area contributed by atoms with Crippen LogP contribution in [0.25, 0.3) is 5.65 Å². The number of anilines is 2. The van der Waals surface area contributed by atoms with Gasteiger partial charge in [-0.15, -0.1) is 0 Å². The van der Waals surface area contributed by atoms with Crippen LogP contribution in [0.3, 0.4) is 0 Å². The van der Waals surface area contributed by atoms with E-state index >= 15 is 4.39 Å². The number of hydrogen-bond acceptors (Lipinski definition) is 8. The van der Waals surface area contributed by atoms with E-state index in [1.165, 1.54) is 47.0 Å². The number of carbonyl (C=O) groups is 4. The van der Waals surface area contributed by atoms with Gasteiger partial charge >= 0.3 is 12.2 Å². The molecule has 15 heteroatoms. The summed E-state index contributed by atoms with van der Waals surface area (Å²) in [6.45, 7) is 1.31. The van der Waals surface area contributed by atoms with Crippen LogP contribution < -0.4 is 20.4 Å². The van der Waals surface area contributed by atoms with Crippen molar-refractivity contribution in [3.05, 3.63) is 60.1 Å². The van der Waals surface area contributed by atoms with Crippen LogP contribution in [0.4, 0.5) is 29.7 Å². The average molecular weight is 572 g/mol. The van der Waals surface area contributed by atoms with Gasteiger partial charge in [0.1, 0.15) is 29.1 Å². The Morgan fingerprint density at radius 3 is 2.59 bits per heavy atom. The van der Waals surface area contributed by atoms with E-state index in [1.54, 1.807) is 21.9 Å². The lowest BCUT2D eigenvalue weighted by Gasteiger charge is -2.36. The van der Waals surface area contributed by atoms with Crippen molar-refractivity contribution < 1.29 is 37.4 Å². The van der Waals surface area contributed by atoms with Gasteiger partial charge in [-0.3, -0.25) is 14.5 Å². The summed E-state index contributed by atoms with van der Waals surface area (Å²) < 4.78 is 39.6. The third kappa shape index (κ3) is 6.13. The zero-order valence-corrected chi connectivity index (χ0v) is 22.0. The van der Waals surface area contributed by atoms with Crippen LogP contribution in [0, 0.1) is 11.6 Å². The third-order valence-electron chi connectivity index (χ3n) is 6.80. The predicted octanol–water partition coefficient (Wildman–Crippen LogP) is 1.37. The summed E-state index contributed by atoms with van der Waals surface area (Å²) in [4.78, 5) is 57.4. The second-order valence-electron chi connectivity index (χ2n) is 9.41. The Balaban J connectivity index is 1.11. The summed E-state index contributed by atoms with van der Waals surface area (Å²) in [6, 6.07) is 7.09. The summed E-state index contributed by atoms with van der Waals surface area (Å²) in [6.07, 6.45) is 0.670. The smallest absolute Gasteiger partial charge is 0.414 e. The molecule has 0 saturated carbocycles. The Morgan fingerprint density at radius 1 is 1.07 bits per heavy atom. The number of nitrogens with one attached hydrogen (secondary N) is 2. The van der Waals surface area contributed by atoms with Gasteiger partial charge in [-0.05, 0) is 30.3 Å². The van der Waals surface area contributed by atoms with Crippen molar-refractivity contribution in [1.29, 1.82) is 0 Å². The van der Waals surface area contributed by atoms with Crippen LogP contribution in [0.15, 0.2) is 42.7 Å². The van der Waals surface area contributed by atoms with E-state index in [2.05, 4.69) is 20.4 Å². The van der Waals surface area contributed by atoms with Gasteiger partial charge in [0.25, 0.3) is 5.91 Å². The quantitative estimate of drug-likeness (QED) is 0.434. The monoisotopic (exact) mass is 571 g/mol. The van der Waals surface area contributed by atoms with Crippen LogP contribution in [0.1, 0.15) is 10.5 Å². The molecule has 4 heterocycles. The first-order valence-corrected chi connectivity index (χ1v) is 12.8. The number of nitrogens with zero attached hydrogens (tertiary/aromatic N) is 5. The molecule has 0 aliphatic carbocycles. The van der Waals surface area contributed by atoms with Crippen LogP contribution in [-0.2, 0) is 14.3 Å². The molecule has 1 atom stereocenters. The molecule has 2 N–H and O–H groups in total. The molecular formula is C26H27F2N7O6. The Kier molecular flexibility index (Phi) is 7.85. The highest BCUT2D eigenvalue weighted by molar-refractivity contribution is 5.95. The zero-order chi connectivity index (χ0) is 29.1. The van der Waals surface area contributed by atoms with E-state index < -0.39 is 35.8 Å². The molecule has 216 valence electrons. The second-order valence-corrected chi connectivity index (χ2v) is 9.41. The van der Waals surface area contributed by atoms with E-state index in [-0.39, 0.29) is 31.2 Å². The van der Waals surface area contributed by atoms with Crippen LogP contribution in [0.5, 0.6) is 0 Å². The molecule has 2 aliphatic rings. The molecule has 1 aromatic carbocycles. The summed E-state index contributed by atoms with van der Waals surface area (Å²) in [5.41, 5.74) is 1.10. The standard InChI is InChI=1S/C26H27F2N7O6/c1-40-25(38)30-11-18-14-35(26(39)41-18)17-3-4-21(19(28)10-17)32-6-8-33(9-7-32)23(36)12-29-24(37)20-15-34-13-16(27)2-5-22(34)31-20/h2-5,10,13,15,18H,6-9,11-12,14H2,1H3,(H,29,37)(H,30,38). The summed E-state index contributed by atoms with van der Waals surface area (Å²) in [5, 5.41) is 5.00. The molecule has 4 amide bonds. The minimum absolute atomic E-state index is 0.0581. The minimum atomic E-state index is -0.650. The molecule has 2 aromatic heterocycles. The Morgan fingerprint density at radius 2 is 1.85 bits per heavy atom. The fraction of sp³-hybridized carbons (Fsp3) is 0.346. The van der Waals surface area contributed by atoms with Crippen molar-refractivity contribution in [2.45, 2.75) is 6.10 Å². The largest absolute Gasteiger partial charge is 0.453 e. The number of pyridine rings is 1. The Hall–Kier alpha value is -4.95. The van der Waals surface area contributed by atoms with Gasteiger partial charge < -0.3 is 34.3 Å². The first-order valence-electron chi connectivity index (χ1n) is 12.8. The number of hydrogen-bond donors (Lipinski definition) is 2. The number of amides is 4. The van der Waals surface area contributed by atoms with Crippen molar-refractivity contribution in [2.24, 2.45) is 0 Å². The van der Waals surface area contributed by atoms with Crippen molar-refractivity contribution in [3.63, 3.8) is 0 Å². The van der Waals surface area contributed by atoms with Gasteiger partial charge in [-0.25, -0.2) is 23.4 Å². The second kappa shape index (κ2) is 11.7. The van der Waals surface area contributed by atoms with Crippen LogP contribution in [0.2, 0.25) is 0 Å². The molecule has 2 aliphatic heterocycles. The number of alkyl carbamates (subject to hydrolysis) is 1. The highest BCUT2D eigenvalue weighted by Gasteiger charge is 2.33. The topological polar surface area (TPSA) is 138 Å². The lowest BCUT2D eigenvalue weighted by molar-refractivity contribution is -0.130. The molecule has 0 spiro atoms. The third-order valence-corrected chi connectivity index (χ3v) is 6.80. The number of halogens is 2. The molecule has 5 rings (SSSR count). The molecule has 41 heavy (non-hydrogen) atoms. The first kappa shape index (κ1) is 27.6. The number of piperazine rings is 1. The molecule has 3 aromatic rings. The van der Waals surface area contributed by atoms with Crippen molar-refractivity contribution in [3.8, 4) is 0 Å². The molecular weight excluding hydrogens is 544 g/mol. The normalized spacial score (nSPS) is 17.0. The number of carbonyl (C=O) groups excluding carboxylic acids is 4. The summed E-state index contributed by atoms with van der Waals surface area (Å²) in [5.74, 6) is -1.86. The number of ether oxygens (including phenoxy) is 2. The van der Waals surface area contributed by atoms with E-state index in [4.69, 9.17) is 4.74 Å². The van der Waals surface area contributed by atoms with E-state index in [9.17, 15) is 23.6 Å². The van der Waals surface area contributed by atoms with E-state index in [1.807, 2.05) is 0 Å². The number of benzene rings is 1. The van der Waals surface area contributed by atoms with E-state index in [0.717, 1.165) is 0 Å². The number of imidazole rings is 1. The highest BCUT2D eigenvalue weighted by atomic mass is 19.1. The Labute approximate surface area is 232 Å². The minimum Gasteiger partial charge on any atom is -0.453 e. The molecule has 2 fully saturated rings. The lowest BCUT2D eigenvalue weighted by Crippen LogP contribution is -2.51. The fourth-order valence-electron chi connectivity index (χ4n) is 4.66. The first-order chi connectivity index (χ1) is 19.7. The molecule has 1 unspecified atom stereocenters. The van der Waals surface area contributed by atoms with Crippen molar-refractivity contribution in [2.75, 3.05) is 62.7 Å². The van der Waals surface area contributed by atoms with Gasteiger partial charge in [0, 0.05) is 38.6 Å². The molecule has 0 radical (unpaired) electrons. The van der Waals surface area contributed by atoms with Crippen LogP contribution >= 0.6 is 0 Å². The van der Waals surface area contributed by atoms with Crippen LogP contribution in [-0.4, -0.2) is 97.3 Å². The lowest BCUT2D eigenvalue weighted by atomic mass is 10.2. The summed E-state index contributed by atoms with van der Waals surface area (Å²) in [7, 11) is 1.22. The molecule has 0 bridgehead atoms. The number of aromatic nitrogens is 2. The van der Waals surface area contributed by atoms with Gasteiger partial charge in [-0.1, -0.05) is 0 Å². The molecule has 2 saturated heterocycles. The van der Waals surface area contributed by atoms with Gasteiger partial charge in [-0.2, -0.15) is 0 Å². The molecule has 13 nitrogen and oxygen atoms in total. The number of cyclic esters (lactones) is 1. The van der Waals surface area contributed by atoms with Gasteiger partial charge in [0.05, 0.1) is 38.1 Å². The van der Waals surface area contributed by atoms with Crippen molar-refractivity contribution >= 4 is 41.0 Å². The summed E-state index contributed by atoms with van der Waals surface area (Å²) >= 11 is 0. The maximum atomic E-state index is 15.1. The predicted molar refractivity (Wildman–Crippen MR) is 141 cm³/mol. The van der Waals surface area contributed by atoms with Gasteiger partial charge in [0.15, 0.2) is 0 Å². The number of rotatable bonds is 7. The fourth-order valence-corrected chi connectivity index (χ4v) is 4.66. The Bertz CT molecular complexity index is 1490. The SMILES string of the molecule is COC(=O)NCC1CN(c2ccc(N3CCN(C(=O)CNC(=O)c4cn5cc(F)ccc5n4)CC3)c(F)c2)C(=O)O1. The highest BCUT2D eigenvalue weighted by Crippen LogP contribution is 2.28. The maximum absolute atomic E-state index is 15.1.